The lowest BCUT2D eigenvalue weighted by molar-refractivity contribution is -0.118. The zero-order valence-electron chi connectivity index (χ0n) is 18.6. The number of nitrogens with zero attached hydrogens (tertiary/aromatic N) is 2. The first-order valence-electron chi connectivity index (χ1n) is 10.8. The SMILES string of the molecule is COc1ccc(-c2cc(NCCCN(C)CCCNC(C)=O)c3ccccc3n2)cc1. The first-order valence-corrected chi connectivity index (χ1v) is 10.8. The van der Waals surface area contributed by atoms with Gasteiger partial charge in [0.25, 0.3) is 0 Å². The zero-order valence-corrected chi connectivity index (χ0v) is 18.6. The summed E-state index contributed by atoms with van der Waals surface area (Å²) in [4.78, 5) is 18.1. The Bertz CT molecular complexity index is 988. The molecule has 31 heavy (non-hydrogen) atoms. The van der Waals surface area contributed by atoms with Crippen LogP contribution in [-0.2, 0) is 4.79 Å². The molecule has 6 heteroatoms. The largest absolute Gasteiger partial charge is 0.497 e. The van der Waals surface area contributed by atoms with Crippen molar-refractivity contribution in [1.82, 2.24) is 15.2 Å². The summed E-state index contributed by atoms with van der Waals surface area (Å²) in [7, 11) is 3.79. The molecule has 0 atom stereocenters. The first-order chi connectivity index (χ1) is 15.1. The molecular formula is C25H32N4O2. The highest BCUT2D eigenvalue weighted by atomic mass is 16.5. The highest BCUT2D eigenvalue weighted by Crippen LogP contribution is 2.29. The maximum absolute atomic E-state index is 10.9. The Balaban J connectivity index is 1.61. The maximum Gasteiger partial charge on any atom is 0.216 e. The normalized spacial score (nSPS) is 11.0. The minimum atomic E-state index is 0.0328. The molecule has 2 aromatic carbocycles. The Morgan fingerprint density at radius 2 is 1.74 bits per heavy atom. The molecule has 3 rings (SSSR count). The first kappa shape index (κ1) is 22.6. The van der Waals surface area contributed by atoms with Gasteiger partial charge in [-0.1, -0.05) is 18.2 Å². The van der Waals surface area contributed by atoms with Crippen LogP contribution < -0.4 is 15.4 Å². The summed E-state index contributed by atoms with van der Waals surface area (Å²) in [5, 5.41) is 7.58. The number of carbonyl (C=O) groups is 1. The molecule has 0 aliphatic rings. The van der Waals surface area contributed by atoms with E-state index in [0.29, 0.717) is 0 Å². The quantitative estimate of drug-likeness (QED) is 0.456. The minimum absolute atomic E-state index is 0.0328. The number of pyridine rings is 1. The van der Waals surface area contributed by atoms with Crippen LogP contribution in [0, 0.1) is 0 Å². The molecule has 1 aromatic heterocycles. The van der Waals surface area contributed by atoms with E-state index in [-0.39, 0.29) is 5.91 Å². The second kappa shape index (κ2) is 11.3. The van der Waals surface area contributed by atoms with Gasteiger partial charge in [0.05, 0.1) is 18.3 Å². The molecule has 0 radical (unpaired) electrons. The molecule has 0 bridgehead atoms. The van der Waals surface area contributed by atoms with E-state index < -0.39 is 0 Å². The summed E-state index contributed by atoms with van der Waals surface area (Å²) in [6, 6.07) is 18.3. The number of anilines is 1. The highest BCUT2D eigenvalue weighted by Gasteiger charge is 2.08. The lowest BCUT2D eigenvalue weighted by Gasteiger charge is -2.17. The standard InChI is InChI=1S/C25H32N4O2/c1-19(30)26-14-6-16-29(2)17-7-15-27-25-18-24(20-10-12-21(31-3)13-11-20)28-23-9-5-4-8-22(23)25/h4-5,8-13,18H,6-7,14-17H2,1-3H3,(H,26,30)(H,27,28). The Morgan fingerprint density at radius 3 is 2.45 bits per heavy atom. The Morgan fingerprint density at radius 1 is 1.03 bits per heavy atom. The van der Waals surface area contributed by atoms with E-state index in [1.54, 1.807) is 14.0 Å². The smallest absolute Gasteiger partial charge is 0.216 e. The van der Waals surface area contributed by atoms with E-state index in [2.05, 4.69) is 40.8 Å². The Kier molecular flexibility index (Phi) is 8.24. The van der Waals surface area contributed by atoms with Crippen LogP contribution in [0.2, 0.25) is 0 Å². The van der Waals surface area contributed by atoms with Gasteiger partial charge in [0.2, 0.25) is 5.91 Å². The number of para-hydroxylation sites is 1. The summed E-state index contributed by atoms with van der Waals surface area (Å²) < 4.78 is 5.27. The number of hydrogen-bond acceptors (Lipinski definition) is 5. The molecule has 6 nitrogen and oxygen atoms in total. The number of nitrogens with one attached hydrogen (secondary N) is 2. The van der Waals surface area contributed by atoms with E-state index >= 15 is 0 Å². The van der Waals surface area contributed by atoms with Gasteiger partial charge in [-0.3, -0.25) is 4.79 Å². The van der Waals surface area contributed by atoms with Gasteiger partial charge >= 0.3 is 0 Å². The van der Waals surface area contributed by atoms with Crippen molar-refractivity contribution in [2.24, 2.45) is 0 Å². The van der Waals surface area contributed by atoms with Gasteiger partial charge in [-0.15, -0.1) is 0 Å². The van der Waals surface area contributed by atoms with Crippen molar-refractivity contribution in [2.75, 3.05) is 45.7 Å². The van der Waals surface area contributed by atoms with Crippen LogP contribution >= 0.6 is 0 Å². The number of rotatable bonds is 11. The van der Waals surface area contributed by atoms with Crippen LogP contribution in [0.3, 0.4) is 0 Å². The second-order valence-corrected chi connectivity index (χ2v) is 7.72. The molecule has 1 heterocycles. The molecule has 0 aliphatic carbocycles. The molecule has 164 valence electrons. The Hall–Kier alpha value is -3.12. The molecule has 0 fully saturated rings. The third-order valence-corrected chi connectivity index (χ3v) is 5.22. The summed E-state index contributed by atoms with van der Waals surface area (Å²) in [5.41, 5.74) is 4.09. The van der Waals surface area contributed by atoms with E-state index in [1.807, 2.05) is 36.4 Å². The average molecular weight is 421 g/mol. The van der Waals surface area contributed by atoms with Crippen LogP contribution in [0.1, 0.15) is 19.8 Å². The molecule has 0 spiro atoms. The summed E-state index contributed by atoms with van der Waals surface area (Å²) >= 11 is 0. The number of fused-ring (bicyclic) bond motifs is 1. The van der Waals surface area contributed by atoms with Crippen molar-refractivity contribution in [2.45, 2.75) is 19.8 Å². The van der Waals surface area contributed by atoms with Crippen LogP contribution in [0.25, 0.3) is 22.2 Å². The number of aromatic nitrogens is 1. The molecule has 0 saturated carbocycles. The van der Waals surface area contributed by atoms with Crippen molar-refractivity contribution >= 4 is 22.5 Å². The van der Waals surface area contributed by atoms with Gasteiger partial charge in [-0.2, -0.15) is 0 Å². The molecule has 0 unspecified atom stereocenters. The monoisotopic (exact) mass is 420 g/mol. The number of benzene rings is 2. The van der Waals surface area contributed by atoms with Gasteiger partial charge in [0.15, 0.2) is 0 Å². The topological polar surface area (TPSA) is 66.5 Å². The number of hydrogen-bond donors (Lipinski definition) is 2. The lowest BCUT2D eigenvalue weighted by atomic mass is 10.1. The zero-order chi connectivity index (χ0) is 22.1. The third-order valence-electron chi connectivity index (χ3n) is 5.22. The van der Waals surface area contributed by atoms with Gasteiger partial charge in [-0.05, 0) is 69.4 Å². The third kappa shape index (κ3) is 6.69. The van der Waals surface area contributed by atoms with Crippen molar-refractivity contribution in [3.05, 3.63) is 54.6 Å². The van der Waals surface area contributed by atoms with Crippen molar-refractivity contribution in [3.63, 3.8) is 0 Å². The average Bonchev–Trinajstić information content (AvgIpc) is 2.79. The maximum atomic E-state index is 10.9. The molecule has 0 saturated heterocycles. The fraction of sp³-hybridized carbons (Fsp3) is 0.360. The van der Waals surface area contributed by atoms with Gasteiger partial charge in [0.1, 0.15) is 5.75 Å². The van der Waals surface area contributed by atoms with Gasteiger partial charge in [0, 0.05) is 36.7 Å². The summed E-state index contributed by atoms with van der Waals surface area (Å²) in [6.07, 6.45) is 1.99. The number of amides is 1. The molecular weight excluding hydrogens is 388 g/mol. The minimum Gasteiger partial charge on any atom is -0.497 e. The summed E-state index contributed by atoms with van der Waals surface area (Å²) in [5.74, 6) is 0.870. The van der Waals surface area contributed by atoms with Crippen LogP contribution in [0.5, 0.6) is 5.75 Å². The molecule has 2 N–H and O–H groups in total. The summed E-state index contributed by atoms with van der Waals surface area (Å²) in [6.45, 7) is 5.14. The predicted molar refractivity (Wildman–Crippen MR) is 128 cm³/mol. The van der Waals surface area contributed by atoms with E-state index in [4.69, 9.17) is 9.72 Å². The van der Waals surface area contributed by atoms with E-state index in [0.717, 1.165) is 72.6 Å². The second-order valence-electron chi connectivity index (χ2n) is 7.72. The van der Waals surface area contributed by atoms with Crippen molar-refractivity contribution in [1.29, 1.82) is 0 Å². The Labute approximate surface area is 184 Å². The predicted octanol–water partition coefficient (Wildman–Crippen LogP) is 4.17. The molecule has 1 amide bonds. The van der Waals surface area contributed by atoms with E-state index in [9.17, 15) is 4.79 Å². The number of carbonyl (C=O) groups excluding carboxylic acids is 1. The fourth-order valence-corrected chi connectivity index (χ4v) is 3.53. The van der Waals surface area contributed by atoms with Crippen molar-refractivity contribution in [3.8, 4) is 17.0 Å². The molecule has 3 aromatic rings. The van der Waals surface area contributed by atoms with Gasteiger partial charge in [-0.25, -0.2) is 4.98 Å². The fourth-order valence-electron chi connectivity index (χ4n) is 3.53. The lowest BCUT2D eigenvalue weighted by Crippen LogP contribution is -2.27. The van der Waals surface area contributed by atoms with Crippen molar-refractivity contribution < 1.29 is 9.53 Å². The van der Waals surface area contributed by atoms with Gasteiger partial charge < -0.3 is 20.3 Å². The number of methoxy groups -OCH3 is 1. The van der Waals surface area contributed by atoms with Crippen LogP contribution in [0.4, 0.5) is 5.69 Å². The van der Waals surface area contributed by atoms with Crippen LogP contribution in [-0.4, -0.2) is 56.1 Å². The van der Waals surface area contributed by atoms with E-state index in [1.165, 1.54) is 0 Å². The number of ether oxygens (including phenoxy) is 1. The molecule has 0 aliphatic heterocycles. The van der Waals surface area contributed by atoms with Crippen LogP contribution in [0.15, 0.2) is 54.6 Å². The highest BCUT2D eigenvalue weighted by molar-refractivity contribution is 5.93.